The van der Waals surface area contributed by atoms with Gasteiger partial charge in [0.15, 0.2) is 0 Å². The Morgan fingerprint density at radius 2 is 1.89 bits per heavy atom. The molecule has 7 heteroatoms. The standard InChI is InChI=1S/C29H25FN2O4/c30-22-9-6-19(7-10-22)21-8-11-26-23(15-21)29(12-13-36-26)16-24(29)28(35)32-25-14-18(17-31)4-5-20(25)2-1-3-27(33)34/h4-11,14-15,24H,1-3,12-13,16H2,(H,32,35)(H,33,34). The molecule has 2 unspecified atom stereocenters. The first kappa shape index (κ1) is 23.6. The van der Waals surface area contributed by atoms with Crippen molar-refractivity contribution in [3.63, 3.8) is 0 Å². The highest BCUT2D eigenvalue weighted by Crippen LogP contribution is 2.61. The van der Waals surface area contributed by atoms with Crippen molar-refractivity contribution in [3.05, 3.63) is 83.2 Å². The van der Waals surface area contributed by atoms with Gasteiger partial charge in [0, 0.05) is 29.0 Å². The number of halogens is 1. The Hall–Kier alpha value is -4.18. The summed E-state index contributed by atoms with van der Waals surface area (Å²) in [5, 5.41) is 21.3. The molecule has 0 saturated heterocycles. The second-order valence-corrected chi connectivity index (χ2v) is 9.45. The second-order valence-electron chi connectivity index (χ2n) is 9.45. The van der Waals surface area contributed by atoms with Gasteiger partial charge in [0.25, 0.3) is 0 Å². The van der Waals surface area contributed by atoms with Crippen LogP contribution in [-0.4, -0.2) is 23.6 Å². The number of hydrogen-bond acceptors (Lipinski definition) is 4. The number of rotatable bonds is 7. The fourth-order valence-electron chi connectivity index (χ4n) is 5.20. The molecule has 3 aromatic carbocycles. The highest BCUT2D eigenvalue weighted by molar-refractivity contribution is 5.97. The van der Waals surface area contributed by atoms with Gasteiger partial charge < -0.3 is 15.2 Å². The molecule has 2 aliphatic rings. The topological polar surface area (TPSA) is 99.4 Å². The summed E-state index contributed by atoms with van der Waals surface area (Å²) in [6, 6.07) is 19.4. The van der Waals surface area contributed by atoms with Crippen LogP contribution in [0.25, 0.3) is 11.1 Å². The van der Waals surface area contributed by atoms with E-state index in [4.69, 9.17) is 9.84 Å². The van der Waals surface area contributed by atoms with Crippen molar-refractivity contribution in [2.24, 2.45) is 5.92 Å². The Labute approximate surface area is 208 Å². The summed E-state index contributed by atoms with van der Waals surface area (Å²) in [7, 11) is 0. The third-order valence-corrected chi connectivity index (χ3v) is 7.22. The Morgan fingerprint density at radius 3 is 2.64 bits per heavy atom. The summed E-state index contributed by atoms with van der Waals surface area (Å²) >= 11 is 0. The summed E-state index contributed by atoms with van der Waals surface area (Å²) in [6.07, 6.45) is 2.37. The lowest BCUT2D eigenvalue weighted by Crippen LogP contribution is -2.27. The van der Waals surface area contributed by atoms with Gasteiger partial charge in [-0.25, -0.2) is 4.39 Å². The third-order valence-electron chi connectivity index (χ3n) is 7.22. The van der Waals surface area contributed by atoms with Gasteiger partial charge in [-0.15, -0.1) is 0 Å². The number of carbonyl (C=O) groups is 2. The quantitative estimate of drug-likeness (QED) is 0.465. The SMILES string of the molecule is N#Cc1ccc(CCCC(=O)O)c(NC(=O)C2CC23CCOc2ccc(-c4ccc(F)cc4)cc23)c1. The summed E-state index contributed by atoms with van der Waals surface area (Å²) in [5.74, 6) is -0.764. The zero-order valence-corrected chi connectivity index (χ0v) is 19.6. The van der Waals surface area contributed by atoms with Crippen molar-refractivity contribution in [2.45, 2.75) is 37.5 Å². The lowest BCUT2D eigenvalue weighted by Gasteiger charge is -2.27. The highest BCUT2D eigenvalue weighted by Gasteiger charge is 2.61. The molecule has 1 amide bonds. The van der Waals surface area contributed by atoms with E-state index < -0.39 is 5.97 Å². The molecule has 36 heavy (non-hydrogen) atoms. The van der Waals surface area contributed by atoms with Gasteiger partial charge in [0.1, 0.15) is 11.6 Å². The molecular formula is C29H25FN2O4. The maximum atomic E-state index is 13.4. The maximum absolute atomic E-state index is 13.4. The van der Waals surface area contributed by atoms with Crippen molar-refractivity contribution < 1.29 is 23.8 Å². The molecule has 3 aromatic rings. The number of nitrogens with zero attached hydrogens (tertiary/aromatic N) is 1. The largest absolute Gasteiger partial charge is 0.493 e. The number of nitriles is 1. The van der Waals surface area contributed by atoms with Crippen LogP contribution in [0.3, 0.4) is 0 Å². The molecule has 182 valence electrons. The molecule has 0 aromatic heterocycles. The van der Waals surface area contributed by atoms with Gasteiger partial charge in [-0.05, 0) is 78.8 Å². The lowest BCUT2D eigenvalue weighted by molar-refractivity contribution is -0.137. The fourth-order valence-corrected chi connectivity index (χ4v) is 5.20. The first-order chi connectivity index (χ1) is 17.4. The van der Waals surface area contributed by atoms with E-state index in [9.17, 15) is 19.2 Å². The molecule has 2 atom stereocenters. The first-order valence-electron chi connectivity index (χ1n) is 12.0. The zero-order chi connectivity index (χ0) is 25.3. The van der Waals surface area contributed by atoms with Crippen LogP contribution >= 0.6 is 0 Å². The Bertz CT molecular complexity index is 1380. The van der Waals surface area contributed by atoms with Crippen LogP contribution in [0.1, 0.15) is 42.4 Å². The molecule has 0 bridgehead atoms. The minimum absolute atomic E-state index is 0.0340. The zero-order valence-electron chi connectivity index (χ0n) is 19.6. The van der Waals surface area contributed by atoms with E-state index in [2.05, 4.69) is 11.4 Å². The first-order valence-corrected chi connectivity index (χ1v) is 12.0. The van der Waals surface area contributed by atoms with Gasteiger partial charge in [-0.2, -0.15) is 5.26 Å². The number of anilines is 1. The van der Waals surface area contributed by atoms with E-state index in [0.29, 0.717) is 43.5 Å². The molecule has 0 radical (unpaired) electrons. The maximum Gasteiger partial charge on any atom is 0.303 e. The molecule has 1 saturated carbocycles. The summed E-state index contributed by atoms with van der Waals surface area (Å²) in [4.78, 5) is 24.3. The predicted molar refractivity (Wildman–Crippen MR) is 132 cm³/mol. The average Bonchev–Trinajstić information content (AvgIpc) is 3.60. The number of carboxylic acids is 1. The number of hydrogen-bond donors (Lipinski definition) is 2. The van der Waals surface area contributed by atoms with Crippen LogP contribution in [0, 0.1) is 23.1 Å². The molecule has 1 heterocycles. The average molecular weight is 485 g/mol. The van der Waals surface area contributed by atoms with Crippen LogP contribution in [0.4, 0.5) is 10.1 Å². The molecule has 2 N–H and O–H groups in total. The number of fused-ring (bicyclic) bond motifs is 2. The number of aryl methyl sites for hydroxylation is 1. The Balaban J connectivity index is 1.39. The van der Waals surface area contributed by atoms with Crippen molar-refractivity contribution in [1.82, 2.24) is 0 Å². The summed E-state index contributed by atoms with van der Waals surface area (Å²) < 4.78 is 19.3. The lowest BCUT2D eigenvalue weighted by atomic mass is 9.85. The number of ether oxygens (including phenoxy) is 1. The van der Waals surface area contributed by atoms with E-state index in [-0.39, 0.29) is 29.5 Å². The van der Waals surface area contributed by atoms with Gasteiger partial charge in [-0.3, -0.25) is 9.59 Å². The van der Waals surface area contributed by atoms with Crippen LogP contribution in [0.2, 0.25) is 0 Å². The molecular weight excluding hydrogens is 459 g/mol. The molecule has 1 spiro atoms. The summed E-state index contributed by atoms with van der Waals surface area (Å²) in [6.45, 7) is 0.525. The Kier molecular flexibility index (Phi) is 6.19. The Morgan fingerprint density at radius 1 is 1.11 bits per heavy atom. The number of benzene rings is 3. The number of carbonyl (C=O) groups excluding carboxylic acids is 1. The van der Waals surface area contributed by atoms with Crippen LogP contribution in [-0.2, 0) is 21.4 Å². The van der Waals surface area contributed by atoms with Gasteiger partial charge in [0.2, 0.25) is 5.91 Å². The monoisotopic (exact) mass is 484 g/mol. The van der Waals surface area contributed by atoms with E-state index in [1.165, 1.54) is 12.1 Å². The van der Waals surface area contributed by atoms with E-state index in [0.717, 1.165) is 28.0 Å². The van der Waals surface area contributed by atoms with Crippen molar-refractivity contribution >= 4 is 17.6 Å². The fraction of sp³-hybridized carbons (Fsp3) is 0.276. The van der Waals surface area contributed by atoms with Crippen molar-refractivity contribution in [1.29, 1.82) is 5.26 Å². The molecule has 1 fully saturated rings. The molecule has 1 aliphatic carbocycles. The minimum atomic E-state index is -0.868. The van der Waals surface area contributed by atoms with Crippen LogP contribution < -0.4 is 10.1 Å². The number of aliphatic carboxylic acids is 1. The third kappa shape index (κ3) is 4.55. The van der Waals surface area contributed by atoms with Crippen LogP contribution in [0.5, 0.6) is 5.75 Å². The smallest absolute Gasteiger partial charge is 0.303 e. The highest BCUT2D eigenvalue weighted by atomic mass is 19.1. The molecule has 5 rings (SSSR count). The molecule has 6 nitrogen and oxygen atoms in total. The number of carboxylic acid groups (broad SMARTS) is 1. The van der Waals surface area contributed by atoms with E-state index in [1.807, 2.05) is 18.2 Å². The van der Waals surface area contributed by atoms with Gasteiger partial charge in [-0.1, -0.05) is 24.3 Å². The molecule has 1 aliphatic heterocycles. The number of nitrogens with one attached hydrogen (secondary N) is 1. The van der Waals surface area contributed by atoms with E-state index >= 15 is 0 Å². The van der Waals surface area contributed by atoms with E-state index in [1.54, 1.807) is 30.3 Å². The van der Waals surface area contributed by atoms with Gasteiger partial charge in [0.05, 0.1) is 18.2 Å². The summed E-state index contributed by atoms with van der Waals surface area (Å²) in [5.41, 5.74) is 4.28. The second kappa shape index (κ2) is 9.46. The van der Waals surface area contributed by atoms with Crippen molar-refractivity contribution in [3.8, 4) is 22.9 Å². The van der Waals surface area contributed by atoms with Crippen molar-refractivity contribution in [2.75, 3.05) is 11.9 Å². The normalized spacial score (nSPS) is 19.6. The van der Waals surface area contributed by atoms with Gasteiger partial charge >= 0.3 is 5.97 Å². The number of amides is 1. The minimum Gasteiger partial charge on any atom is -0.493 e. The predicted octanol–water partition coefficient (Wildman–Crippen LogP) is 5.45. The van der Waals surface area contributed by atoms with Crippen LogP contribution in [0.15, 0.2) is 60.7 Å².